The first-order valence-corrected chi connectivity index (χ1v) is 18.4. The van der Waals surface area contributed by atoms with Crippen molar-refractivity contribution in [3.63, 3.8) is 0 Å². The number of rotatable bonds is 15. The van der Waals surface area contributed by atoms with Gasteiger partial charge in [0, 0.05) is 81.2 Å². The zero-order valence-corrected chi connectivity index (χ0v) is 32.4. The molecule has 55 heavy (non-hydrogen) atoms. The number of carbonyl (C=O) groups is 4. The molecule has 1 aliphatic heterocycles. The van der Waals surface area contributed by atoms with Crippen molar-refractivity contribution >= 4 is 40.9 Å². The number of nitrogens with zero attached hydrogens (tertiary/aromatic N) is 6. The molecule has 1 aliphatic rings. The van der Waals surface area contributed by atoms with Gasteiger partial charge in [0.15, 0.2) is 24.0 Å². The number of primary amides is 1. The van der Waals surface area contributed by atoms with Gasteiger partial charge in [-0.05, 0) is 37.6 Å². The van der Waals surface area contributed by atoms with Crippen LogP contribution in [-0.4, -0.2) is 113 Å². The molecular formula is C38H47ClF2N9O5+. The molecule has 0 bridgehead atoms. The van der Waals surface area contributed by atoms with E-state index in [1.165, 1.54) is 48.1 Å². The first-order chi connectivity index (χ1) is 26.2. The highest BCUT2D eigenvalue weighted by molar-refractivity contribution is 6.34. The van der Waals surface area contributed by atoms with Crippen molar-refractivity contribution in [1.82, 2.24) is 29.1 Å². The van der Waals surface area contributed by atoms with Gasteiger partial charge in [-0.1, -0.05) is 24.6 Å². The lowest BCUT2D eigenvalue weighted by Crippen LogP contribution is -3.10. The average molecular weight is 783 g/mol. The molecule has 4 amide bonds. The molecule has 3 heterocycles. The second-order valence-electron chi connectivity index (χ2n) is 13.7. The summed E-state index contributed by atoms with van der Waals surface area (Å²) in [7, 11) is 4.95. The number of aryl methyl sites for hydroxylation is 1. The van der Waals surface area contributed by atoms with Crippen LogP contribution in [-0.2, 0) is 27.9 Å². The number of anilines is 1. The molecule has 0 radical (unpaired) electrons. The van der Waals surface area contributed by atoms with E-state index in [0.29, 0.717) is 75.7 Å². The summed E-state index contributed by atoms with van der Waals surface area (Å²) in [4.78, 5) is 59.7. The maximum absolute atomic E-state index is 15.5. The van der Waals surface area contributed by atoms with Gasteiger partial charge in [-0.25, -0.2) is 13.8 Å². The van der Waals surface area contributed by atoms with Crippen LogP contribution in [0.3, 0.4) is 0 Å². The Bertz CT molecular complexity index is 2060. The number of ether oxygens (including phenoxy) is 1. The lowest BCUT2D eigenvalue weighted by atomic mass is 9.99. The molecule has 2 atom stereocenters. The van der Waals surface area contributed by atoms with Crippen molar-refractivity contribution in [2.75, 3.05) is 65.3 Å². The van der Waals surface area contributed by atoms with Crippen molar-refractivity contribution < 1.29 is 37.6 Å². The Balaban J connectivity index is 1.20. The molecule has 2 unspecified atom stereocenters. The number of aromatic nitrogens is 4. The molecule has 2 aromatic carbocycles. The molecule has 0 saturated carbocycles. The minimum absolute atomic E-state index is 0.0307. The summed E-state index contributed by atoms with van der Waals surface area (Å²) in [6, 6.07) is 7.41. The average Bonchev–Trinajstić information content (AvgIpc) is 3.72. The monoisotopic (exact) mass is 782 g/mol. The Morgan fingerprint density at radius 2 is 1.71 bits per heavy atom. The summed E-state index contributed by atoms with van der Waals surface area (Å²) in [5.41, 5.74) is 6.96. The number of likely N-dealkylation sites (N-methyl/N-ethyl adjacent to an activating group) is 1. The number of piperazine rings is 1. The highest BCUT2D eigenvalue weighted by atomic mass is 35.5. The van der Waals surface area contributed by atoms with Crippen LogP contribution < -0.4 is 16.0 Å². The fourth-order valence-corrected chi connectivity index (χ4v) is 6.99. The number of hydrogen-bond donors (Lipinski definition) is 3. The third kappa shape index (κ3) is 9.37. The van der Waals surface area contributed by atoms with Crippen LogP contribution >= 0.6 is 11.6 Å². The molecule has 17 heteroatoms. The van der Waals surface area contributed by atoms with E-state index in [2.05, 4.69) is 15.4 Å². The minimum Gasteiger partial charge on any atom is -0.383 e. The van der Waals surface area contributed by atoms with Gasteiger partial charge < -0.3 is 35.1 Å². The van der Waals surface area contributed by atoms with Crippen LogP contribution in [0.4, 0.5) is 14.5 Å². The van der Waals surface area contributed by atoms with E-state index in [9.17, 15) is 19.2 Å². The minimum atomic E-state index is -1.09. The molecule has 5 rings (SSSR count). The number of imidazole rings is 1. The van der Waals surface area contributed by atoms with Gasteiger partial charge in [-0.2, -0.15) is 5.10 Å². The summed E-state index contributed by atoms with van der Waals surface area (Å²) in [5, 5.41) is 7.18. The predicted molar refractivity (Wildman–Crippen MR) is 202 cm³/mol. The lowest BCUT2D eigenvalue weighted by Gasteiger charge is -2.36. The maximum atomic E-state index is 15.5. The van der Waals surface area contributed by atoms with Gasteiger partial charge in [0.25, 0.3) is 17.7 Å². The second kappa shape index (κ2) is 18.0. The first kappa shape index (κ1) is 41.0. The van der Waals surface area contributed by atoms with Crippen LogP contribution in [0.2, 0.25) is 5.02 Å². The van der Waals surface area contributed by atoms with Gasteiger partial charge in [-0.15, -0.1) is 0 Å². The van der Waals surface area contributed by atoms with Crippen molar-refractivity contribution in [2.45, 2.75) is 33.2 Å². The first-order valence-electron chi connectivity index (χ1n) is 18.1. The number of hydrogen-bond acceptors (Lipinski definition) is 7. The lowest BCUT2D eigenvalue weighted by molar-refractivity contribution is -0.871. The number of amides is 4. The van der Waals surface area contributed by atoms with Crippen molar-refractivity contribution in [3.05, 3.63) is 76.5 Å². The molecular weight excluding hydrogens is 736 g/mol. The summed E-state index contributed by atoms with van der Waals surface area (Å²) >= 11 is 6.54. The molecule has 0 spiro atoms. The third-order valence-electron chi connectivity index (χ3n) is 9.88. The van der Waals surface area contributed by atoms with Crippen LogP contribution in [0.15, 0.2) is 42.7 Å². The fourth-order valence-electron chi connectivity index (χ4n) is 6.73. The molecule has 1 saturated heterocycles. The largest absolute Gasteiger partial charge is 0.383 e. The number of nitrogens with two attached hydrogens (primary N) is 1. The van der Waals surface area contributed by atoms with Crippen molar-refractivity contribution in [1.29, 1.82) is 0 Å². The maximum Gasteiger partial charge on any atom is 0.291 e. The Morgan fingerprint density at radius 1 is 1.04 bits per heavy atom. The summed E-state index contributed by atoms with van der Waals surface area (Å²) in [5.74, 6) is -3.69. The molecule has 2 aromatic heterocycles. The van der Waals surface area contributed by atoms with Crippen molar-refractivity contribution in [2.24, 2.45) is 18.7 Å². The molecule has 1 fully saturated rings. The van der Waals surface area contributed by atoms with E-state index in [1.807, 2.05) is 14.0 Å². The van der Waals surface area contributed by atoms with Crippen LogP contribution in [0.25, 0.3) is 22.4 Å². The van der Waals surface area contributed by atoms with E-state index < -0.39 is 17.5 Å². The highest BCUT2D eigenvalue weighted by Crippen LogP contribution is 2.33. The summed E-state index contributed by atoms with van der Waals surface area (Å²) < 4.78 is 39.0. The van der Waals surface area contributed by atoms with E-state index in [0.717, 1.165) is 4.90 Å². The molecule has 294 valence electrons. The summed E-state index contributed by atoms with van der Waals surface area (Å²) in [6.45, 7) is 6.81. The summed E-state index contributed by atoms with van der Waals surface area (Å²) in [6.07, 6.45) is 4.22. The number of carbonyl (C=O) groups excluding carboxylic acids is 4. The van der Waals surface area contributed by atoms with Gasteiger partial charge >= 0.3 is 0 Å². The molecule has 4 N–H and O–H groups in total. The van der Waals surface area contributed by atoms with E-state index >= 15 is 8.78 Å². The number of halogens is 3. The highest BCUT2D eigenvalue weighted by Gasteiger charge is 2.30. The van der Waals surface area contributed by atoms with Crippen LogP contribution in [0, 0.1) is 24.5 Å². The van der Waals surface area contributed by atoms with Crippen LogP contribution in [0.1, 0.15) is 46.4 Å². The zero-order valence-electron chi connectivity index (χ0n) is 31.6. The number of nitrogens with one attached hydrogen (secondary N) is 2. The van der Waals surface area contributed by atoms with E-state index in [4.69, 9.17) is 22.1 Å². The molecule has 14 nitrogen and oxygen atoms in total. The second-order valence-corrected chi connectivity index (χ2v) is 14.1. The quantitative estimate of drug-likeness (QED) is 0.167. The molecule has 4 aromatic rings. The standard InChI is InChI=1S/C38H46ClF2N9O5/c1-6-24(11-12-46(3)22-32(42)51)37(53)48-13-15-49(16-14-48)38(54)27-8-7-25(19-30(27)39)44-36(52)35-43-20-31(47(35)4)28-10-9-26(33(40)34(28)41)29-21-50(17-18-55-5)45-23(29)2/h7-10,19-21,24H,6,11-18,22H2,1-5H3,(H2,42,51)(H,44,52)/p+1. The Hall–Kier alpha value is -5.19. The number of methoxy groups -OCH3 is 1. The fraction of sp³-hybridized carbons (Fsp3) is 0.421. The van der Waals surface area contributed by atoms with Gasteiger partial charge in [-0.3, -0.25) is 23.9 Å². The van der Waals surface area contributed by atoms with Gasteiger partial charge in [0.2, 0.25) is 5.91 Å². The Labute approximate surface area is 323 Å². The van der Waals surface area contributed by atoms with E-state index in [1.54, 1.807) is 34.7 Å². The van der Waals surface area contributed by atoms with Gasteiger partial charge in [0.1, 0.15) is 0 Å². The number of benzene rings is 2. The Morgan fingerprint density at radius 3 is 2.36 bits per heavy atom. The van der Waals surface area contributed by atoms with Crippen molar-refractivity contribution in [3.8, 4) is 22.4 Å². The topological polar surface area (TPSA) is 162 Å². The zero-order chi connectivity index (χ0) is 40.0. The smallest absolute Gasteiger partial charge is 0.291 e. The number of quaternary nitrogens is 1. The Kier molecular flexibility index (Phi) is 13.4. The van der Waals surface area contributed by atoms with Gasteiger partial charge in [0.05, 0.1) is 54.9 Å². The SMILES string of the molecule is CCC(CC[NH+](C)CC(N)=O)C(=O)N1CCN(C(=O)c2ccc(NC(=O)c3ncc(-c4ccc(-c5cn(CCOC)nc5C)c(F)c4F)n3C)cc2Cl)CC1. The normalized spacial score (nSPS) is 14.2. The molecule has 0 aliphatic carbocycles. The van der Waals surface area contributed by atoms with E-state index in [-0.39, 0.29) is 63.4 Å². The van der Waals surface area contributed by atoms with Crippen LogP contribution in [0.5, 0.6) is 0 Å². The third-order valence-corrected chi connectivity index (χ3v) is 10.2. The predicted octanol–water partition coefficient (Wildman–Crippen LogP) is 2.79.